The molecule has 0 N–H and O–H groups in total. The summed E-state index contributed by atoms with van der Waals surface area (Å²) in [6, 6.07) is 21.9. The van der Waals surface area contributed by atoms with Gasteiger partial charge in [0.05, 0.1) is 32.6 Å². The maximum absolute atomic E-state index is 13.7. The van der Waals surface area contributed by atoms with Crippen molar-refractivity contribution in [3.8, 4) is 17.2 Å². The maximum atomic E-state index is 13.7. The third-order valence-corrected chi connectivity index (χ3v) is 7.09. The van der Waals surface area contributed by atoms with Gasteiger partial charge in [0.1, 0.15) is 5.75 Å². The fraction of sp³-hybridized carbons (Fsp3) is 0.296. The summed E-state index contributed by atoms with van der Waals surface area (Å²) in [5.41, 5.74) is 3.35. The van der Waals surface area contributed by atoms with Crippen molar-refractivity contribution < 1.29 is 19.0 Å². The van der Waals surface area contributed by atoms with E-state index in [0.717, 1.165) is 28.2 Å². The van der Waals surface area contributed by atoms with Gasteiger partial charge in [-0.15, -0.1) is 11.8 Å². The first kappa shape index (κ1) is 23.1. The molecule has 1 amide bonds. The normalized spacial score (nSPS) is 16.0. The van der Waals surface area contributed by atoms with Crippen LogP contribution in [0.3, 0.4) is 0 Å². The van der Waals surface area contributed by atoms with E-state index >= 15 is 0 Å². The topological polar surface area (TPSA) is 48.0 Å². The maximum Gasteiger partial charge on any atom is 0.236 e. The van der Waals surface area contributed by atoms with Gasteiger partial charge in [-0.05, 0) is 66.4 Å². The molecule has 0 saturated heterocycles. The molecule has 6 heteroatoms. The molecule has 172 valence electrons. The molecule has 0 fully saturated rings. The van der Waals surface area contributed by atoms with Crippen molar-refractivity contribution in [3.63, 3.8) is 0 Å². The number of fused-ring (bicyclic) bond motifs is 1. The largest absolute Gasteiger partial charge is 0.497 e. The Bertz CT molecular complexity index is 1100. The highest BCUT2D eigenvalue weighted by molar-refractivity contribution is 8.00. The average Bonchev–Trinajstić information content (AvgIpc) is 2.87. The first-order valence-corrected chi connectivity index (χ1v) is 11.8. The molecule has 2 unspecified atom stereocenters. The predicted molar refractivity (Wildman–Crippen MR) is 132 cm³/mol. The van der Waals surface area contributed by atoms with E-state index in [1.165, 1.54) is 5.56 Å². The number of carbonyl (C=O) groups is 1. The smallest absolute Gasteiger partial charge is 0.236 e. The van der Waals surface area contributed by atoms with Gasteiger partial charge in [-0.3, -0.25) is 4.79 Å². The highest BCUT2D eigenvalue weighted by atomic mass is 32.2. The zero-order valence-corrected chi connectivity index (χ0v) is 20.2. The van der Waals surface area contributed by atoms with E-state index in [1.807, 2.05) is 66.4 Å². The standard InChI is InChI=1S/C27H29NO4S/c1-18(33-22-12-10-21(30-2)11-13-22)27(29)28-15-14-20-16-24(31-3)25(32-4)17-23(20)26(28)19-8-6-5-7-9-19/h5-13,16-18,26H,14-15H2,1-4H3. The van der Waals surface area contributed by atoms with Crippen LogP contribution in [-0.4, -0.2) is 43.9 Å². The summed E-state index contributed by atoms with van der Waals surface area (Å²) >= 11 is 1.57. The van der Waals surface area contributed by atoms with E-state index < -0.39 is 0 Å². The minimum Gasteiger partial charge on any atom is -0.497 e. The Morgan fingerprint density at radius 3 is 2.24 bits per heavy atom. The summed E-state index contributed by atoms with van der Waals surface area (Å²) in [4.78, 5) is 16.8. The number of thioether (sulfide) groups is 1. The van der Waals surface area contributed by atoms with Gasteiger partial charge >= 0.3 is 0 Å². The highest BCUT2D eigenvalue weighted by Crippen LogP contribution is 2.42. The molecule has 4 rings (SSSR count). The van der Waals surface area contributed by atoms with Gasteiger partial charge in [0.15, 0.2) is 11.5 Å². The molecule has 0 spiro atoms. The third-order valence-electron chi connectivity index (χ3n) is 5.99. The van der Waals surface area contributed by atoms with Gasteiger partial charge < -0.3 is 19.1 Å². The van der Waals surface area contributed by atoms with Crippen molar-refractivity contribution in [2.45, 2.75) is 29.5 Å². The van der Waals surface area contributed by atoms with Gasteiger partial charge in [0.2, 0.25) is 5.91 Å². The van der Waals surface area contributed by atoms with Crippen molar-refractivity contribution >= 4 is 17.7 Å². The van der Waals surface area contributed by atoms with E-state index in [9.17, 15) is 4.79 Å². The fourth-order valence-corrected chi connectivity index (χ4v) is 5.26. The molecule has 2 atom stereocenters. The number of rotatable bonds is 7. The molecule has 1 aliphatic rings. The Balaban J connectivity index is 1.67. The molecular weight excluding hydrogens is 434 g/mol. The predicted octanol–water partition coefficient (Wildman–Crippen LogP) is 5.37. The second-order valence-electron chi connectivity index (χ2n) is 7.94. The van der Waals surface area contributed by atoms with Crippen LogP contribution in [0.1, 0.15) is 29.7 Å². The third kappa shape index (κ3) is 4.81. The number of methoxy groups -OCH3 is 3. The second kappa shape index (κ2) is 10.2. The summed E-state index contributed by atoms with van der Waals surface area (Å²) in [6.07, 6.45) is 0.769. The monoisotopic (exact) mass is 463 g/mol. The van der Waals surface area contributed by atoms with Crippen LogP contribution in [0.2, 0.25) is 0 Å². The van der Waals surface area contributed by atoms with Gasteiger partial charge in [0.25, 0.3) is 0 Å². The lowest BCUT2D eigenvalue weighted by molar-refractivity contribution is -0.132. The van der Waals surface area contributed by atoms with Gasteiger partial charge in [-0.25, -0.2) is 0 Å². The molecule has 1 heterocycles. The number of ether oxygens (including phenoxy) is 3. The molecule has 3 aromatic rings. The molecule has 0 aliphatic carbocycles. The second-order valence-corrected chi connectivity index (χ2v) is 9.35. The van der Waals surface area contributed by atoms with Gasteiger partial charge in [-0.1, -0.05) is 30.3 Å². The molecular formula is C27H29NO4S. The SMILES string of the molecule is COc1ccc(SC(C)C(=O)N2CCc3cc(OC)c(OC)cc3C2c2ccccc2)cc1. The van der Waals surface area contributed by atoms with Crippen molar-refractivity contribution in [1.82, 2.24) is 4.90 Å². The molecule has 0 aromatic heterocycles. The molecule has 3 aromatic carbocycles. The first-order valence-electron chi connectivity index (χ1n) is 11.0. The van der Waals surface area contributed by atoms with Crippen molar-refractivity contribution in [2.75, 3.05) is 27.9 Å². The van der Waals surface area contributed by atoms with Crippen LogP contribution >= 0.6 is 11.8 Å². The summed E-state index contributed by atoms with van der Waals surface area (Å²) in [6.45, 7) is 2.62. The number of hydrogen-bond acceptors (Lipinski definition) is 5. The number of amides is 1. The Morgan fingerprint density at radius 1 is 0.939 bits per heavy atom. The van der Waals surface area contributed by atoms with Gasteiger partial charge in [-0.2, -0.15) is 0 Å². The Hall–Kier alpha value is -3.12. The average molecular weight is 464 g/mol. The van der Waals surface area contributed by atoms with Crippen molar-refractivity contribution in [1.29, 1.82) is 0 Å². The lowest BCUT2D eigenvalue weighted by Gasteiger charge is -2.39. The Labute approximate surface area is 199 Å². The summed E-state index contributed by atoms with van der Waals surface area (Å²) in [7, 11) is 4.94. The zero-order valence-electron chi connectivity index (χ0n) is 19.4. The van der Waals surface area contributed by atoms with E-state index in [2.05, 4.69) is 12.1 Å². The summed E-state index contributed by atoms with van der Waals surface area (Å²) < 4.78 is 16.4. The molecule has 5 nitrogen and oxygen atoms in total. The molecule has 0 bridgehead atoms. The van der Waals surface area contributed by atoms with Crippen LogP contribution in [0.25, 0.3) is 0 Å². The lowest BCUT2D eigenvalue weighted by atomic mass is 9.87. The number of nitrogens with zero attached hydrogens (tertiary/aromatic N) is 1. The fourth-order valence-electron chi connectivity index (χ4n) is 4.32. The lowest BCUT2D eigenvalue weighted by Crippen LogP contribution is -2.44. The van der Waals surface area contributed by atoms with E-state index in [4.69, 9.17) is 14.2 Å². The van der Waals surface area contributed by atoms with E-state index in [1.54, 1.807) is 33.1 Å². The zero-order chi connectivity index (χ0) is 23.4. The Kier molecular flexibility index (Phi) is 7.14. The first-order chi connectivity index (χ1) is 16.0. The van der Waals surface area contributed by atoms with Crippen molar-refractivity contribution in [3.05, 3.63) is 83.4 Å². The minimum atomic E-state index is -0.230. The van der Waals surface area contributed by atoms with Crippen LogP contribution in [0.4, 0.5) is 0 Å². The van der Waals surface area contributed by atoms with Crippen LogP contribution in [0.5, 0.6) is 17.2 Å². The van der Waals surface area contributed by atoms with Crippen LogP contribution < -0.4 is 14.2 Å². The van der Waals surface area contributed by atoms with E-state index in [-0.39, 0.29) is 17.2 Å². The molecule has 0 saturated carbocycles. The number of benzene rings is 3. The molecule has 1 aliphatic heterocycles. The molecule has 33 heavy (non-hydrogen) atoms. The Morgan fingerprint density at radius 2 is 1.61 bits per heavy atom. The minimum absolute atomic E-state index is 0.116. The number of hydrogen-bond donors (Lipinski definition) is 0. The highest BCUT2D eigenvalue weighted by Gasteiger charge is 2.35. The quantitative estimate of drug-likeness (QED) is 0.441. The van der Waals surface area contributed by atoms with Crippen LogP contribution in [-0.2, 0) is 11.2 Å². The van der Waals surface area contributed by atoms with Crippen LogP contribution in [0, 0.1) is 0 Å². The van der Waals surface area contributed by atoms with Crippen LogP contribution in [0.15, 0.2) is 71.6 Å². The van der Waals surface area contributed by atoms with E-state index in [0.29, 0.717) is 18.0 Å². The molecule has 0 radical (unpaired) electrons. The van der Waals surface area contributed by atoms with Gasteiger partial charge in [0, 0.05) is 11.4 Å². The summed E-state index contributed by atoms with van der Waals surface area (Å²) in [5.74, 6) is 2.31. The summed E-state index contributed by atoms with van der Waals surface area (Å²) in [5, 5.41) is -0.230. The van der Waals surface area contributed by atoms with Crippen molar-refractivity contribution in [2.24, 2.45) is 0 Å². The number of carbonyl (C=O) groups excluding carboxylic acids is 1.